The molecular formula is C13H9NO4. The van der Waals surface area contributed by atoms with Gasteiger partial charge in [-0.05, 0) is 30.3 Å². The largest absolute Gasteiger partial charge is 0.486 e. The van der Waals surface area contributed by atoms with Crippen LogP contribution in [0.2, 0.25) is 0 Å². The lowest BCUT2D eigenvalue weighted by Crippen LogP contribution is -1.95. The van der Waals surface area contributed by atoms with Gasteiger partial charge < -0.3 is 14.3 Å². The molecule has 5 heteroatoms. The fourth-order valence-electron chi connectivity index (χ4n) is 1.38. The van der Waals surface area contributed by atoms with Crippen LogP contribution in [0.1, 0.15) is 21.9 Å². The topological polar surface area (TPSA) is 83.5 Å². The van der Waals surface area contributed by atoms with E-state index < -0.39 is 5.97 Å². The standard InChI is InChI=1S/C13H9NO4/c14-7-9-2-1-3-10(6-9)17-8-11-4-5-12(18-11)13(15)16/h1-6H,8H2,(H,15,16). The van der Waals surface area contributed by atoms with Crippen molar-refractivity contribution < 1.29 is 19.1 Å². The number of ether oxygens (including phenoxy) is 1. The number of carboxylic acids is 1. The third kappa shape index (κ3) is 2.68. The van der Waals surface area contributed by atoms with Crippen LogP contribution in [0.3, 0.4) is 0 Å². The van der Waals surface area contributed by atoms with Crippen molar-refractivity contribution in [2.24, 2.45) is 0 Å². The van der Waals surface area contributed by atoms with Crippen LogP contribution in [0.4, 0.5) is 0 Å². The van der Waals surface area contributed by atoms with Gasteiger partial charge in [0.2, 0.25) is 5.76 Å². The monoisotopic (exact) mass is 243 g/mol. The molecule has 0 aliphatic rings. The van der Waals surface area contributed by atoms with Gasteiger partial charge in [0.05, 0.1) is 11.6 Å². The highest BCUT2D eigenvalue weighted by Gasteiger charge is 2.09. The van der Waals surface area contributed by atoms with Crippen LogP contribution < -0.4 is 4.74 Å². The number of benzene rings is 1. The predicted molar refractivity (Wildman–Crippen MR) is 61.2 cm³/mol. The number of furan rings is 1. The van der Waals surface area contributed by atoms with Gasteiger partial charge in [0, 0.05) is 0 Å². The second-order valence-corrected chi connectivity index (χ2v) is 3.50. The average Bonchev–Trinajstić information content (AvgIpc) is 2.85. The first-order chi connectivity index (χ1) is 8.69. The molecule has 90 valence electrons. The van der Waals surface area contributed by atoms with Crippen LogP contribution in [0, 0.1) is 11.3 Å². The molecule has 1 aromatic carbocycles. The Hall–Kier alpha value is -2.74. The summed E-state index contributed by atoms with van der Waals surface area (Å²) in [6, 6.07) is 11.6. The Kier molecular flexibility index (Phi) is 3.30. The number of rotatable bonds is 4. The molecule has 5 nitrogen and oxygen atoms in total. The van der Waals surface area contributed by atoms with Gasteiger partial charge in [0.15, 0.2) is 0 Å². The molecule has 0 saturated heterocycles. The van der Waals surface area contributed by atoms with E-state index >= 15 is 0 Å². The van der Waals surface area contributed by atoms with E-state index in [0.29, 0.717) is 17.1 Å². The molecule has 0 amide bonds. The van der Waals surface area contributed by atoms with E-state index in [4.69, 9.17) is 19.5 Å². The lowest BCUT2D eigenvalue weighted by Gasteiger charge is -2.03. The van der Waals surface area contributed by atoms with Crippen molar-refractivity contribution in [2.45, 2.75) is 6.61 Å². The summed E-state index contributed by atoms with van der Waals surface area (Å²) < 4.78 is 10.4. The molecule has 1 aromatic heterocycles. The van der Waals surface area contributed by atoms with Crippen LogP contribution in [-0.4, -0.2) is 11.1 Å². The molecule has 0 radical (unpaired) electrons. The maximum atomic E-state index is 10.6. The number of carbonyl (C=O) groups is 1. The second kappa shape index (κ2) is 5.06. The van der Waals surface area contributed by atoms with Crippen molar-refractivity contribution >= 4 is 5.97 Å². The van der Waals surface area contributed by atoms with Gasteiger partial charge in [0.1, 0.15) is 18.1 Å². The molecule has 0 bridgehead atoms. The Morgan fingerprint density at radius 2 is 2.22 bits per heavy atom. The third-order valence-electron chi connectivity index (χ3n) is 2.22. The van der Waals surface area contributed by atoms with Gasteiger partial charge in [0.25, 0.3) is 0 Å². The zero-order chi connectivity index (χ0) is 13.0. The third-order valence-corrected chi connectivity index (χ3v) is 2.22. The zero-order valence-corrected chi connectivity index (χ0v) is 9.29. The van der Waals surface area contributed by atoms with Gasteiger partial charge in [-0.3, -0.25) is 0 Å². The summed E-state index contributed by atoms with van der Waals surface area (Å²) in [6.07, 6.45) is 0. The molecule has 1 N–H and O–H groups in total. The Morgan fingerprint density at radius 1 is 1.39 bits per heavy atom. The highest BCUT2D eigenvalue weighted by molar-refractivity contribution is 5.84. The molecule has 0 unspecified atom stereocenters. The summed E-state index contributed by atoms with van der Waals surface area (Å²) in [4.78, 5) is 10.6. The van der Waals surface area contributed by atoms with Crippen molar-refractivity contribution in [1.82, 2.24) is 0 Å². The highest BCUT2D eigenvalue weighted by Crippen LogP contribution is 2.15. The maximum Gasteiger partial charge on any atom is 0.371 e. The molecule has 2 rings (SSSR count). The zero-order valence-electron chi connectivity index (χ0n) is 9.29. The molecule has 2 aromatic rings. The minimum Gasteiger partial charge on any atom is -0.486 e. The number of carboxylic acid groups (broad SMARTS) is 1. The number of hydrogen-bond donors (Lipinski definition) is 1. The normalized spacial score (nSPS) is 9.72. The second-order valence-electron chi connectivity index (χ2n) is 3.50. The summed E-state index contributed by atoms with van der Waals surface area (Å²) in [7, 11) is 0. The van der Waals surface area contributed by atoms with Crippen LogP contribution in [0.5, 0.6) is 5.75 Å². The van der Waals surface area contributed by atoms with E-state index in [9.17, 15) is 4.79 Å². The van der Waals surface area contributed by atoms with Crippen molar-refractivity contribution in [2.75, 3.05) is 0 Å². The minimum atomic E-state index is -1.12. The van der Waals surface area contributed by atoms with Crippen LogP contribution in [0.15, 0.2) is 40.8 Å². The Bertz CT molecular complexity index is 609. The van der Waals surface area contributed by atoms with Crippen LogP contribution in [0.25, 0.3) is 0 Å². The fraction of sp³-hybridized carbons (Fsp3) is 0.0769. The maximum absolute atomic E-state index is 10.6. The lowest BCUT2D eigenvalue weighted by atomic mass is 10.2. The molecule has 18 heavy (non-hydrogen) atoms. The van der Waals surface area contributed by atoms with Gasteiger partial charge in [-0.25, -0.2) is 4.79 Å². The van der Waals surface area contributed by atoms with E-state index in [1.54, 1.807) is 24.3 Å². The Balaban J connectivity index is 2.02. The molecule has 0 fully saturated rings. The average molecular weight is 243 g/mol. The van der Waals surface area contributed by atoms with E-state index in [0.717, 1.165) is 0 Å². The van der Waals surface area contributed by atoms with E-state index in [2.05, 4.69) is 0 Å². The van der Waals surface area contributed by atoms with E-state index in [-0.39, 0.29) is 12.4 Å². The highest BCUT2D eigenvalue weighted by atomic mass is 16.5. The van der Waals surface area contributed by atoms with E-state index in [1.807, 2.05) is 6.07 Å². The molecular weight excluding hydrogens is 234 g/mol. The number of aromatic carboxylic acids is 1. The molecule has 0 spiro atoms. The fourth-order valence-corrected chi connectivity index (χ4v) is 1.38. The molecule has 0 atom stereocenters. The smallest absolute Gasteiger partial charge is 0.371 e. The van der Waals surface area contributed by atoms with Gasteiger partial charge in [-0.15, -0.1) is 0 Å². The molecule has 1 heterocycles. The van der Waals surface area contributed by atoms with Gasteiger partial charge in [-0.1, -0.05) is 6.07 Å². The van der Waals surface area contributed by atoms with Crippen LogP contribution >= 0.6 is 0 Å². The Morgan fingerprint density at radius 3 is 2.89 bits per heavy atom. The minimum absolute atomic E-state index is 0.113. The lowest BCUT2D eigenvalue weighted by molar-refractivity contribution is 0.0658. The first-order valence-corrected chi connectivity index (χ1v) is 5.14. The van der Waals surface area contributed by atoms with E-state index in [1.165, 1.54) is 12.1 Å². The number of hydrogen-bond acceptors (Lipinski definition) is 4. The van der Waals surface area contributed by atoms with Crippen molar-refractivity contribution in [3.05, 3.63) is 53.5 Å². The molecule has 0 aliphatic carbocycles. The first kappa shape index (κ1) is 11.7. The van der Waals surface area contributed by atoms with Crippen LogP contribution in [-0.2, 0) is 6.61 Å². The Labute approximate surface area is 103 Å². The van der Waals surface area contributed by atoms with Gasteiger partial charge >= 0.3 is 5.97 Å². The SMILES string of the molecule is N#Cc1cccc(OCc2ccc(C(=O)O)o2)c1. The first-order valence-electron chi connectivity index (χ1n) is 5.14. The summed E-state index contributed by atoms with van der Waals surface area (Å²) in [5.41, 5.74) is 0.498. The van der Waals surface area contributed by atoms with Crippen molar-refractivity contribution in [3.63, 3.8) is 0 Å². The number of nitriles is 1. The molecule has 0 aliphatic heterocycles. The van der Waals surface area contributed by atoms with Crippen molar-refractivity contribution in [3.8, 4) is 11.8 Å². The summed E-state index contributed by atoms with van der Waals surface area (Å²) in [5, 5.41) is 17.4. The quantitative estimate of drug-likeness (QED) is 0.891. The molecule has 0 saturated carbocycles. The van der Waals surface area contributed by atoms with Crippen molar-refractivity contribution in [1.29, 1.82) is 5.26 Å². The van der Waals surface area contributed by atoms with Gasteiger partial charge in [-0.2, -0.15) is 5.26 Å². The summed E-state index contributed by atoms with van der Waals surface area (Å²) in [6.45, 7) is 0.113. The predicted octanol–water partition coefficient (Wildman–Crippen LogP) is 2.43. The summed E-state index contributed by atoms with van der Waals surface area (Å²) in [5.74, 6) is -0.302. The number of nitrogens with zero attached hydrogens (tertiary/aromatic N) is 1. The summed E-state index contributed by atoms with van der Waals surface area (Å²) >= 11 is 0.